The number of para-hydroxylation sites is 1. The molecule has 0 fully saturated rings. The van der Waals surface area contributed by atoms with E-state index in [1.807, 2.05) is 31.2 Å². The molecule has 9 heteroatoms. The van der Waals surface area contributed by atoms with E-state index in [-0.39, 0.29) is 12.2 Å². The van der Waals surface area contributed by atoms with Crippen LogP contribution in [0.3, 0.4) is 0 Å². The Bertz CT molecular complexity index is 934. The zero-order valence-corrected chi connectivity index (χ0v) is 17.5. The zero-order valence-electron chi connectivity index (χ0n) is 15.9. The predicted octanol–water partition coefficient (Wildman–Crippen LogP) is 2.83. The molecule has 0 heterocycles. The van der Waals surface area contributed by atoms with Gasteiger partial charge in [-0.2, -0.15) is 0 Å². The van der Waals surface area contributed by atoms with Gasteiger partial charge in [-0.25, -0.2) is 8.42 Å². The number of hydrogen-bond donors (Lipinski definition) is 1. The first-order valence-electron chi connectivity index (χ1n) is 8.55. The number of sulfonamides is 1. The van der Waals surface area contributed by atoms with E-state index in [0.29, 0.717) is 23.1 Å². The summed E-state index contributed by atoms with van der Waals surface area (Å²) in [6, 6.07) is 11.9. The Morgan fingerprint density at radius 3 is 2.54 bits per heavy atom. The van der Waals surface area contributed by atoms with Gasteiger partial charge in [-0.3, -0.25) is 9.10 Å². The van der Waals surface area contributed by atoms with Gasteiger partial charge in [0, 0.05) is 17.1 Å². The molecule has 1 N–H and O–H groups in total. The Balaban J connectivity index is 2.18. The summed E-state index contributed by atoms with van der Waals surface area (Å²) in [5.41, 5.74) is 0.992. The van der Waals surface area contributed by atoms with Crippen LogP contribution in [0, 0.1) is 0 Å². The van der Waals surface area contributed by atoms with E-state index in [1.165, 1.54) is 13.2 Å². The second-order valence-electron chi connectivity index (χ2n) is 5.90. The van der Waals surface area contributed by atoms with Gasteiger partial charge in [0.25, 0.3) is 0 Å². The Hall–Kier alpha value is -2.45. The van der Waals surface area contributed by atoms with E-state index >= 15 is 0 Å². The van der Waals surface area contributed by atoms with E-state index in [4.69, 9.17) is 21.1 Å². The monoisotopic (exact) mass is 426 g/mol. The van der Waals surface area contributed by atoms with Gasteiger partial charge < -0.3 is 14.8 Å². The molecule has 7 nitrogen and oxygen atoms in total. The van der Waals surface area contributed by atoms with Crippen molar-refractivity contribution in [2.24, 2.45) is 0 Å². The number of rotatable bonds is 9. The molecule has 0 saturated carbocycles. The normalized spacial score (nSPS) is 11.0. The lowest BCUT2D eigenvalue weighted by Gasteiger charge is -2.24. The number of methoxy groups -OCH3 is 1. The molecule has 0 aliphatic carbocycles. The fourth-order valence-electron chi connectivity index (χ4n) is 2.57. The van der Waals surface area contributed by atoms with Crippen molar-refractivity contribution in [2.45, 2.75) is 13.5 Å². The van der Waals surface area contributed by atoms with Crippen molar-refractivity contribution in [1.29, 1.82) is 0 Å². The lowest BCUT2D eigenvalue weighted by atomic mass is 10.2. The van der Waals surface area contributed by atoms with Crippen molar-refractivity contribution in [3.05, 3.63) is 53.1 Å². The van der Waals surface area contributed by atoms with Crippen molar-refractivity contribution in [2.75, 3.05) is 30.8 Å². The highest BCUT2D eigenvalue weighted by molar-refractivity contribution is 7.92. The molecule has 28 heavy (non-hydrogen) atoms. The van der Waals surface area contributed by atoms with Gasteiger partial charge in [-0.05, 0) is 31.2 Å². The number of halogens is 1. The van der Waals surface area contributed by atoms with Gasteiger partial charge in [-0.1, -0.05) is 29.8 Å². The highest BCUT2D eigenvalue weighted by atomic mass is 35.5. The molecule has 2 aromatic carbocycles. The highest BCUT2D eigenvalue weighted by Gasteiger charge is 2.24. The smallest absolute Gasteiger partial charge is 0.241 e. The first-order valence-corrected chi connectivity index (χ1v) is 10.8. The molecule has 0 aliphatic rings. The SMILES string of the molecule is CCOc1ccccc1CNC(=O)CN(c1cc(Cl)ccc1OC)S(C)(=O)=O. The number of ether oxygens (including phenoxy) is 2. The standard InChI is InChI=1S/C19H23ClN2O5S/c1-4-27-17-8-6-5-7-14(17)12-21-19(23)13-22(28(3,24)25)16-11-15(20)9-10-18(16)26-2/h5-11H,4,12-13H2,1-3H3,(H,21,23). The second kappa shape index (κ2) is 9.66. The summed E-state index contributed by atoms with van der Waals surface area (Å²) in [6.07, 6.45) is 1.02. The van der Waals surface area contributed by atoms with Crippen molar-refractivity contribution < 1.29 is 22.7 Å². The molecule has 0 spiro atoms. The topological polar surface area (TPSA) is 84.9 Å². The van der Waals surface area contributed by atoms with E-state index in [2.05, 4.69) is 5.32 Å². The lowest BCUT2D eigenvalue weighted by Crippen LogP contribution is -2.40. The maximum atomic E-state index is 12.5. The van der Waals surface area contributed by atoms with Gasteiger partial charge in [-0.15, -0.1) is 0 Å². The van der Waals surface area contributed by atoms with E-state index < -0.39 is 22.5 Å². The van der Waals surface area contributed by atoms with Crippen LogP contribution >= 0.6 is 11.6 Å². The van der Waals surface area contributed by atoms with Gasteiger partial charge in [0.15, 0.2) is 0 Å². The summed E-state index contributed by atoms with van der Waals surface area (Å²) in [4.78, 5) is 12.5. The largest absolute Gasteiger partial charge is 0.495 e. The summed E-state index contributed by atoms with van der Waals surface area (Å²) >= 11 is 6.00. The lowest BCUT2D eigenvalue weighted by molar-refractivity contribution is -0.119. The third kappa shape index (κ3) is 5.77. The number of anilines is 1. The third-order valence-corrected chi connectivity index (χ3v) is 5.21. The minimum Gasteiger partial charge on any atom is -0.495 e. The summed E-state index contributed by atoms with van der Waals surface area (Å²) in [7, 11) is -2.34. The Morgan fingerprint density at radius 2 is 1.89 bits per heavy atom. The van der Waals surface area contributed by atoms with E-state index in [0.717, 1.165) is 16.1 Å². The van der Waals surface area contributed by atoms with Crippen LogP contribution in [0.1, 0.15) is 12.5 Å². The highest BCUT2D eigenvalue weighted by Crippen LogP contribution is 2.32. The minimum absolute atomic E-state index is 0.197. The Kier molecular flexibility index (Phi) is 7.53. The van der Waals surface area contributed by atoms with E-state index in [1.54, 1.807) is 12.1 Å². The number of benzene rings is 2. The number of nitrogens with one attached hydrogen (secondary N) is 1. The van der Waals surface area contributed by atoms with Crippen LogP contribution in [0.5, 0.6) is 11.5 Å². The first-order chi connectivity index (χ1) is 13.3. The molecule has 0 bridgehead atoms. The van der Waals surface area contributed by atoms with Gasteiger partial charge in [0.2, 0.25) is 15.9 Å². The number of carbonyl (C=O) groups excluding carboxylic acids is 1. The van der Waals surface area contributed by atoms with Gasteiger partial charge in [0.05, 0.1) is 25.7 Å². The van der Waals surface area contributed by atoms with Crippen LogP contribution in [-0.4, -0.2) is 40.8 Å². The zero-order chi connectivity index (χ0) is 20.7. The summed E-state index contributed by atoms with van der Waals surface area (Å²) < 4.78 is 36.3. The molecule has 0 unspecified atom stereocenters. The van der Waals surface area contributed by atoms with Crippen molar-refractivity contribution in [3.8, 4) is 11.5 Å². The Labute approximate surface area is 170 Å². The molecule has 1 amide bonds. The summed E-state index contributed by atoms with van der Waals surface area (Å²) in [6.45, 7) is 2.17. The maximum Gasteiger partial charge on any atom is 0.241 e. The van der Waals surface area contributed by atoms with Crippen molar-refractivity contribution in [3.63, 3.8) is 0 Å². The number of carbonyl (C=O) groups is 1. The molecule has 152 valence electrons. The first kappa shape index (κ1) is 21.8. The van der Waals surface area contributed by atoms with Crippen molar-refractivity contribution in [1.82, 2.24) is 5.32 Å². The second-order valence-corrected chi connectivity index (χ2v) is 8.25. The van der Waals surface area contributed by atoms with Crippen LogP contribution in [0.15, 0.2) is 42.5 Å². The van der Waals surface area contributed by atoms with E-state index in [9.17, 15) is 13.2 Å². The molecular weight excluding hydrogens is 404 g/mol. The van der Waals surface area contributed by atoms with Crippen LogP contribution in [0.25, 0.3) is 0 Å². The number of amides is 1. The van der Waals surface area contributed by atoms with Gasteiger partial charge >= 0.3 is 0 Å². The van der Waals surface area contributed by atoms with Gasteiger partial charge in [0.1, 0.15) is 18.0 Å². The fraction of sp³-hybridized carbons (Fsp3) is 0.316. The maximum absolute atomic E-state index is 12.5. The van der Waals surface area contributed by atoms with Crippen LogP contribution in [0.4, 0.5) is 5.69 Å². The summed E-state index contributed by atoms with van der Waals surface area (Å²) in [5, 5.41) is 3.05. The minimum atomic E-state index is -3.75. The average molecular weight is 427 g/mol. The summed E-state index contributed by atoms with van der Waals surface area (Å²) in [5.74, 6) is 0.491. The molecule has 2 rings (SSSR count). The third-order valence-electron chi connectivity index (χ3n) is 3.85. The molecule has 2 aromatic rings. The van der Waals surface area contributed by atoms with Crippen LogP contribution in [-0.2, 0) is 21.4 Å². The Morgan fingerprint density at radius 1 is 1.18 bits per heavy atom. The molecule has 0 saturated heterocycles. The molecular formula is C19H23ClN2O5S. The van der Waals surface area contributed by atoms with Crippen LogP contribution < -0.4 is 19.1 Å². The molecule has 0 aromatic heterocycles. The molecule has 0 atom stereocenters. The molecule has 0 aliphatic heterocycles. The molecule has 0 radical (unpaired) electrons. The average Bonchev–Trinajstić information content (AvgIpc) is 2.64. The van der Waals surface area contributed by atoms with Crippen molar-refractivity contribution >= 4 is 33.2 Å². The number of nitrogens with zero attached hydrogens (tertiary/aromatic N) is 1. The van der Waals surface area contributed by atoms with Crippen LogP contribution in [0.2, 0.25) is 5.02 Å². The quantitative estimate of drug-likeness (QED) is 0.666. The number of hydrogen-bond acceptors (Lipinski definition) is 5. The fourth-order valence-corrected chi connectivity index (χ4v) is 3.58. The predicted molar refractivity (Wildman–Crippen MR) is 110 cm³/mol.